The third kappa shape index (κ3) is 3.23. The predicted molar refractivity (Wildman–Crippen MR) is 131 cm³/mol. The standard InChI is InChI=1S/C28H22N4O3/c1-2-6-19(7-3-1)16-33-21-11-10-20(29-14-21)15-32-17-28(22-8-4-5-9-24(22)32)18-34-25-13-12-23-27(26(25)28)31-35-30-23/h1-14H,15-18H2. The minimum absolute atomic E-state index is 0.331. The Morgan fingerprint density at radius 3 is 2.69 bits per heavy atom. The van der Waals surface area contributed by atoms with Gasteiger partial charge in [0, 0.05) is 17.8 Å². The van der Waals surface area contributed by atoms with Crippen LogP contribution in [-0.4, -0.2) is 28.4 Å². The smallest absolute Gasteiger partial charge is 0.143 e. The fourth-order valence-corrected chi connectivity index (χ4v) is 5.34. The molecule has 1 spiro atoms. The highest BCUT2D eigenvalue weighted by Gasteiger charge is 2.51. The van der Waals surface area contributed by atoms with Crippen LogP contribution in [0.3, 0.4) is 0 Å². The molecule has 4 heterocycles. The van der Waals surface area contributed by atoms with Gasteiger partial charge in [-0.2, -0.15) is 0 Å². The zero-order chi connectivity index (χ0) is 23.2. The van der Waals surface area contributed by atoms with E-state index in [4.69, 9.17) is 19.1 Å². The third-order valence-corrected chi connectivity index (χ3v) is 6.96. The van der Waals surface area contributed by atoms with Crippen LogP contribution in [0.2, 0.25) is 0 Å². The van der Waals surface area contributed by atoms with E-state index in [1.54, 1.807) is 6.20 Å². The lowest BCUT2D eigenvalue weighted by atomic mass is 9.77. The molecule has 0 fully saturated rings. The number of benzene rings is 3. The molecule has 0 N–H and O–H groups in total. The van der Waals surface area contributed by atoms with Crippen molar-refractivity contribution in [1.82, 2.24) is 15.3 Å². The number of para-hydroxylation sites is 1. The molecule has 1 unspecified atom stereocenters. The Kier molecular flexibility index (Phi) is 4.48. The summed E-state index contributed by atoms with van der Waals surface area (Å²) < 4.78 is 17.2. The van der Waals surface area contributed by atoms with Crippen LogP contribution in [0.4, 0.5) is 5.69 Å². The highest BCUT2D eigenvalue weighted by Crippen LogP contribution is 2.53. The lowest BCUT2D eigenvalue weighted by molar-refractivity contribution is 0.298. The average molecular weight is 463 g/mol. The van der Waals surface area contributed by atoms with Gasteiger partial charge in [0.15, 0.2) is 0 Å². The van der Waals surface area contributed by atoms with Gasteiger partial charge in [0.1, 0.15) is 35.7 Å². The number of fused-ring (bicyclic) bond motifs is 6. The topological polar surface area (TPSA) is 73.5 Å². The highest BCUT2D eigenvalue weighted by atomic mass is 16.6. The van der Waals surface area contributed by atoms with Crippen molar-refractivity contribution < 1.29 is 14.1 Å². The molecule has 0 saturated heterocycles. The normalized spacial score (nSPS) is 18.0. The van der Waals surface area contributed by atoms with Crippen molar-refractivity contribution in [3.05, 3.63) is 107 Å². The van der Waals surface area contributed by atoms with Crippen LogP contribution >= 0.6 is 0 Å². The molecule has 0 amide bonds. The molecule has 7 nitrogen and oxygen atoms in total. The molecule has 5 aromatic rings. The maximum absolute atomic E-state index is 6.18. The molecule has 7 heteroatoms. The second-order valence-corrected chi connectivity index (χ2v) is 9.07. The van der Waals surface area contributed by atoms with Gasteiger partial charge in [0.05, 0.1) is 23.9 Å². The first-order valence-corrected chi connectivity index (χ1v) is 11.6. The van der Waals surface area contributed by atoms with E-state index in [1.165, 1.54) is 11.3 Å². The molecule has 0 radical (unpaired) electrons. The fourth-order valence-electron chi connectivity index (χ4n) is 5.34. The lowest BCUT2D eigenvalue weighted by Crippen LogP contribution is -2.36. The Hall–Kier alpha value is -4.39. The van der Waals surface area contributed by atoms with Crippen LogP contribution in [0.1, 0.15) is 22.4 Å². The minimum Gasteiger partial charge on any atom is -0.492 e. The van der Waals surface area contributed by atoms with Gasteiger partial charge in [0.2, 0.25) is 0 Å². The van der Waals surface area contributed by atoms with Crippen LogP contribution in [0, 0.1) is 0 Å². The van der Waals surface area contributed by atoms with E-state index < -0.39 is 0 Å². The Balaban J connectivity index is 1.17. The van der Waals surface area contributed by atoms with E-state index in [2.05, 4.69) is 51.6 Å². The number of hydrogen-bond donors (Lipinski definition) is 0. The summed E-state index contributed by atoms with van der Waals surface area (Å²) in [5, 5.41) is 8.29. The number of rotatable bonds is 5. The molecule has 2 aliphatic heterocycles. The van der Waals surface area contributed by atoms with Crippen molar-refractivity contribution in [1.29, 1.82) is 0 Å². The Morgan fingerprint density at radius 1 is 0.914 bits per heavy atom. The van der Waals surface area contributed by atoms with Gasteiger partial charge in [-0.1, -0.05) is 48.5 Å². The van der Waals surface area contributed by atoms with E-state index in [0.29, 0.717) is 19.8 Å². The molecular weight excluding hydrogens is 440 g/mol. The van der Waals surface area contributed by atoms with Crippen molar-refractivity contribution in [2.75, 3.05) is 18.1 Å². The molecule has 172 valence electrons. The first-order chi connectivity index (χ1) is 17.3. The molecule has 1 atom stereocenters. The van der Waals surface area contributed by atoms with Gasteiger partial charge in [-0.3, -0.25) is 4.98 Å². The van der Waals surface area contributed by atoms with Gasteiger partial charge in [-0.15, -0.1) is 0 Å². The van der Waals surface area contributed by atoms with Crippen LogP contribution in [0.25, 0.3) is 11.0 Å². The molecule has 0 bridgehead atoms. The van der Waals surface area contributed by atoms with Crippen molar-refractivity contribution >= 4 is 16.7 Å². The highest BCUT2D eigenvalue weighted by molar-refractivity contribution is 5.85. The van der Waals surface area contributed by atoms with Crippen molar-refractivity contribution in [2.24, 2.45) is 0 Å². The van der Waals surface area contributed by atoms with E-state index >= 15 is 0 Å². The van der Waals surface area contributed by atoms with Crippen molar-refractivity contribution in [3.63, 3.8) is 0 Å². The number of hydrogen-bond acceptors (Lipinski definition) is 7. The predicted octanol–water partition coefficient (Wildman–Crippen LogP) is 4.90. The summed E-state index contributed by atoms with van der Waals surface area (Å²) in [5.41, 5.74) is 6.77. The van der Waals surface area contributed by atoms with E-state index in [9.17, 15) is 0 Å². The number of nitrogens with zero attached hydrogens (tertiary/aromatic N) is 4. The van der Waals surface area contributed by atoms with Gasteiger partial charge in [-0.05, 0) is 51.8 Å². The van der Waals surface area contributed by atoms with Gasteiger partial charge in [-0.25, -0.2) is 4.63 Å². The number of ether oxygens (including phenoxy) is 2. The molecule has 7 rings (SSSR count). The van der Waals surface area contributed by atoms with Crippen molar-refractivity contribution in [2.45, 2.75) is 18.6 Å². The maximum atomic E-state index is 6.18. The van der Waals surface area contributed by atoms with E-state index in [0.717, 1.165) is 45.9 Å². The molecule has 2 aliphatic rings. The molecule has 0 saturated carbocycles. The van der Waals surface area contributed by atoms with Gasteiger partial charge in [0.25, 0.3) is 0 Å². The average Bonchev–Trinajstić information content (AvgIpc) is 3.61. The lowest BCUT2D eigenvalue weighted by Gasteiger charge is -2.25. The molecule has 3 aromatic carbocycles. The summed E-state index contributed by atoms with van der Waals surface area (Å²) in [7, 11) is 0. The second kappa shape index (κ2) is 7.84. The quantitative estimate of drug-likeness (QED) is 0.368. The van der Waals surface area contributed by atoms with Gasteiger partial charge >= 0.3 is 0 Å². The Bertz CT molecular complexity index is 1520. The molecular formula is C28H22N4O3. The van der Waals surface area contributed by atoms with Crippen LogP contribution in [0.15, 0.2) is 89.7 Å². The summed E-state index contributed by atoms with van der Waals surface area (Å²) in [6.07, 6.45) is 1.80. The largest absolute Gasteiger partial charge is 0.492 e. The van der Waals surface area contributed by atoms with Crippen LogP contribution in [0.5, 0.6) is 11.5 Å². The summed E-state index contributed by atoms with van der Waals surface area (Å²) >= 11 is 0. The monoisotopic (exact) mass is 462 g/mol. The Labute approximate surface area is 201 Å². The third-order valence-electron chi connectivity index (χ3n) is 6.96. The first-order valence-electron chi connectivity index (χ1n) is 11.6. The summed E-state index contributed by atoms with van der Waals surface area (Å²) in [6.45, 7) is 2.52. The number of pyridine rings is 1. The van der Waals surface area contributed by atoms with Gasteiger partial charge < -0.3 is 14.4 Å². The summed E-state index contributed by atoms with van der Waals surface area (Å²) in [5.74, 6) is 1.61. The second-order valence-electron chi connectivity index (χ2n) is 9.07. The molecule has 35 heavy (non-hydrogen) atoms. The maximum Gasteiger partial charge on any atom is 0.143 e. The summed E-state index contributed by atoms with van der Waals surface area (Å²) in [4.78, 5) is 7.06. The fraction of sp³-hybridized carbons (Fsp3) is 0.179. The molecule has 0 aliphatic carbocycles. The SMILES string of the molecule is c1ccc(COc2ccc(CN3CC4(COc5ccc6nonc6c54)c4ccccc43)nc2)cc1. The number of aromatic nitrogens is 3. The molecule has 2 aromatic heterocycles. The zero-order valence-electron chi connectivity index (χ0n) is 18.9. The van der Waals surface area contributed by atoms with Crippen LogP contribution in [-0.2, 0) is 18.6 Å². The Morgan fingerprint density at radius 2 is 1.80 bits per heavy atom. The number of anilines is 1. The van der Waals surface area contributed by atoms with Crippen molar-refractivity contribution in [3.8, 4) is 11.5 Å². The van der Waals surface area contributed by atoms with E-state index in [1.807, 2.05) is 42.5 Å². The van der Waals surface area contributed by atoms with E-state index in [-0.39, 0.29) is 5.41 Å². The summed E-state index contributed by atoms with van der Waals surface area (Å²) in [6, 6.07) is 26.5. The minimum atomic E-state index is -0.331. The zero-order valence-corrected chi connectivity index (χ0v) is 18.9. The first kappa shape index (κ1) is 20.0. The van der Waals surface area contributed by atoms with Crippen LogP contribution < -0.4 is 14.4 Å².